The molecule has 1 nitrogen and oxygen atoms in total. The molecule has 20 heavy (non-hydrogen) atoms. The number of nitrogens with one attached hydrogen (secondary N) is 1. The smallest absolute Gasteiger partial charge is 0.0582 e. The van der Waals surface area contributed by atoms with Crippen LogP contribution in [0.4, 0.5) is 0 Å². The normalized spacial score (nSPS) is 12.4. The molecule has 0 aliphatic rings. The van der Waals surface area contributed by atoms with Gasteiger partial charge >= 0.3 is 0 Å². The molecule has 1 atom stereocenters. The quantitative estimate of drug-likeness (QED) is 0.828. The van der Waals surface area contributed by atoms with Crippen molar-refractivity contribution in [1.29, 1.82) is 0 Å². The molecule has 0 amide bonds. The molecule has 2 aromatic rings. The summed E-state index contributed by atoms with van der Waals surface area (Å²) in [5, 5.41) is 3.71. The van der Waals surface area contributed by atoms with Gasteiger partial charge in [-0.15, -0.1) is 0 Å². The monoisotopic (exact) mass is 267 g/mol. The van der Waals surface area contributed by atoms with Gasteiger partial charge in [0, 0.05) is 0 Å². The van der Waals surface area contributed by atoms with Gasteiger partial charge < -0.3 is 5.32 Å². The lowest BCUT2D eigenvalue weighted by Crippen LogP contribution is -2.24. The predicted octanol–water partition coefficient (Wildman–Crippen LogP) is 4.70. The molecule has 0 bridgehead atoms. The molecule has 0 radical (unpaired) electrons. The highest BCUT2D eigenvalue weighted by Gasteiger charge is 2.17. The van der Waals surface area contributed by atoms with Gasteiger partial charge in [-0.05, 0) is 56.0 Å². The van der Waals surface area contributed by atoms with Crippen LogP contribution >= 0.6 is 0 Å². The summed E-state index contributed by atoms with van der Waals surface area (Å²) in [6, 6.07) is 15.7. The zero-order valence-corrected chi connectivity index (χ0v) is 13.0. The van der Waals surface area contributed by atoms with Crippen molar-refractivity contribution in [3.05, 3.63) is 70.3 Å². The van der Waals surface area contributed by atoms with Gasteiger partial charge in [0.15, 0.2) is 0 Å². The average Bonchev–Trinajstić information content (AvgIpc) is 2.44. The Hall–Kier alpha value is -1.60. The molecule has 0 saturated heterocycles. The van der Waals surface area contributed by atoms with Gasteiger partial charge in [0.05, 0.1) is 6.04 Å². The third-order valence-corrected chi connectivity index (χ3v) is 3.84. The van der Waals surface area contributed by atoms with Crippen LogP contribution in [0.15, 0.2) is 42.5 Å². The maximum atomic E-state index is 3.71. The van der Waals surface area contributed by atoms with Gasteiger partial charge in [-0.25, -0.2) is 0 Å². The Bertz CT molecular complexity index is 572. The van der Waals surface area contributed by atoms with Crippen molar-refractivity contribution in [2.45, 2.75) is 40.2 Å². The number of hydrogen-bond donors (Lipinski definition) is 1. The van der Waals surface area contributed by atoms with Gasteiger partial charge in [0.2, 0.25) is 0 Å². The van der Waals surface area contributed by atoms with Crippen molar-refractivity contribution >= 4 is 0 Å². The van der Waals surface area contributed by atoms with Crippen LogP contribution in [0.1, 0.15) is 47.2 Å². The largest absolute Gasteiger partial charge is 0.306 e. The van der Waals surface area contributed by atoms with E-state index in [-0.39, 0.29) is 6.04 Å². The molecular weight excluding hydrogens is 242 g/mol. The fraction of sp³-hybridized carbons (Fsp3) is 0.368. The zero-order valence-electron chi connectivity index (χ0n) is 13.0. The van der Waals surface area contributed by atoms with Crippen molar-refractivity contribution < 1.29 is 0 Å². The minimum absolute atomic E-state index is 0.288. The summed E-state index contributed by atoms with van der Waals surface area (Å²) in [5.74, 6) is 0. The summed E-state index contributed by atoms with van der Waals surface area (Å²) in [6.07, 6.45) is 1.15. The van der Waals surface area contributed by atoms with Crippen LogP contribution < -0.4 is 5.32 Å². The molecule has 0 fully saturated rings. The number of benzene rings is 2. The third kappa shape index (κ3) is 3.29. The average molecular weight is 267 g/mol. The standard InChI is InChI=1S/C19H25N/c1-5-12-20-19(17-9-7-6-8-15(17)3)18-13-14(2)10-11-16(18)4/h6-11,13,19-20H,5,12H2,1-4H3. The van der Waals surface area contributed by atoms with Crippen LogP contribution in [0.5, 0.6) is 0 Å². The third-order valence-electron chi connectivity index (χ3n) is 3.84. The number of hydrogen-bond acceptors (Lipinski definition) is 1. The second-order valence-electron chi connectivity index (χ2n) is 5.60. The highest BCUT2D eigenvalue weighted by molar-refractivity contribution is 5.41. The van der Waals surface area contributed by atoms with Crippen LogP contribution in [-0.4, -0.2) is 6.54 Å². The highest BCUT2D eigenvalue weighted by Crippen LogP contribution is 2.28. The first-order valence-electron chi connectivity index (χ1n) is 7.49. The molecule has 2 aromatic carbocycles. The van der Waals surface area contributed by atoms with E-state index in [2.05, 4.69) is 75.5 Å². The Kier molecular flexibility index (Phi) is 4.97. The number of rotatable bonds is 5. The highest BCUT2D eigenvalue weighted by atomic mass is 14.9. The van der Waals surface area contributed by atoms with E-state index in [1.807, 2.05) is 0 Å². The van der Waals surface area contributed by atoms with Gasteiger partial charge in [-0.3, -0.25) is 0 Å². The van der Waals surface area contributed by atoms with Crippen molar-refractivity contribution in [2.75, 3.05) is 6.54 Å². The maximum absolute atomic E-state index is 3.71. The van der Waals surface area contributed by atoms with Gasteiger partial charge in [-0.2, -0.15) is 0 Å². The van der Waals surface area contributed by atoms with E-state index in [0.717, 1.165) is 13.0 Å². The first kappa shape index (κ1) is 14.8. The Morgan fingerprint density at radius 3 is 2.30 bits per heavy atom. The molecule has 1 heteroatoms. The van der Waals surface area contributed by atoms with Crippen molar-refractivity contribution in [2.24, 2.45) is 0 Å². The van der Waals surface area contributed by atoms with Gasteiger partial charge in [-0.1, -0.05) is 55.0 Å². The Morgan fingerprint density at radius 1 is 0.900 bits per heavy atom. The minimum Gasteiger partial charge on any atom is -0.306 e. The molecule has 0 aromatic heterocycles. The SMILES string of the molecule is CCCNC(c1ccccc1C)c1cc(C)ccc1C. The van der Waals surface area contributed by atoms with Crippen LogP contribution in [0.25, 0.3) is 0 Å². The van der Waals surface area contributed by atoms with Crippen molar-refractivity contribution in [3.63, 3.8) is 0 Å². The molecule has 0 spiro atoms. The Labute approximate surface area is 123 Å². The fourth-order valence-electron chi connectivity index (χ4n) is 2.66. The Balaban J connectivity index is 2.47. The molecule has 0 heterocycles. The van der Waals surface area contributed by atoms with Gasteiger partial charge in [0.25, 0.3) is 0 Å². The van der Waals surface area contributed by atoms with Crippen LogP contribution in [0.2, 0.25) is 0 Å². The van der Waals surface area contributed by atoms with E-state index >= 15 is 0 Å². The predicted molar refractivity (Wildman–Crippen MR) is 87.2 cm³/mol. The summed E-state index contributed by atoms with van der Waals surface area (Å²) in [5.41, 5.74) is 6.80. The molecule has 0 aliphatic heterocycles. The molecule has 1 unspecified atom stereocenters. The maximum Gasteiger partial charge on any atom is 0.0582 e. The minimum atomic E-state index is 0.288. The molecule has 1 N–H and O–H groups in total. The molecule has 106 valence electrons. The lowest BCUT2D eigenvalue weighted by atomic mass is 9.91. The summed E-state index contributed by atoms with van der Waals surface area (Å²) in [4.78, 5) is 0. The lowest BCUT2D eigenvalue weighted by molar-refractivity contribution is 0.593. The van der Waals surface area contributed by atoms with E-state index in [1.165, 1.54) is 27.8 Å². The van der Waals surface area contributed by atoms with Gasteiger partial charge in [0.1, 0.15) is 0 Å². The first-order chi connectivity index (χ1) is 9.63. The Morgan fingerprint density at radius 2 is 1.60 bits per heavy atom. The second kappa shape index (κ2) is 6.71. The molecule has 0 saturated carbocycles. The van der Waals surface area contributed by atoms with E-state index < -0.39 is 0 Å². The zero-order chi connectivity index (χ0) is 14.5. The van der Waals surface area contributed by atoms with E-state index in [1.54, 1.807) is 0 Å². The van der Waals surface area contributed by atoms with Crippen LogP contribution in [-0.2, 0) is 0 Å². The lowest BCUT2D eigenvalue weighted by Gasteiger charge is -2.23. The summed E-state index contributed by atoms with van der Waals surface area (Å²) in [6.45, 7) is 9.81. The van der Waals surface area contributed by atoms with E-state index in [4.69, 9.17) is 0 Å². The molecule has 2 rings (SSSR count). The fourth-order valence-corrected chi connectivity index (χ4v) is 2.66. The van der Waals surface area contributed by atoms with Crippen LogP contribution in [0, 0.1) is 20.8 Å². The van der Waals surface area contributed by atoms with Crippen molar-refractivity contribution in [3.8, 4) is 0 Å². The topological polar surface area (TPSA) is 12.0 Å². The first-order valence-corrected chi connectivity index (χ1v) is 7.49. The van der Waals surface area contributed by atoms with E-state index in [0.29, 0.717) is 0 Å². The van der Waals surface area contributed by atoms with Crippen LogP contribution in [0.3, 0.4) is 0 Å². The summed E-state index contributed by atoms with van der Waals surface area (Å²) < 4.78 is 0. The second-order valence-corrected chi connectivity index (χ2v) is 5.60. The summed E-state index contributed by atoms with van der Waals surface area (Å²) in [7, 11) is 0. The van der Waals surface area contributed by atoms with E-state index in [9.17, 15) is 0 Å². The molecule has 0 aliphatic carbocycles. The van der Waals surface area contributed by atoms with Crippen molar-refractivity contribution in [1.82, 2.24) is 5.32 Å². The number of aryl methyl sites for hydroxylation is 3. The summed E-state index contributed by atoms with van der Waals surface area (Å²) >= 11 is 0. The molecular formula is C19H25N.